The normalized spacial score (nSPS) is 25.7. The fourth-order valence-corrected chi connectivity index (χ4v) is 2.17. The maximum atomic E-state index is 12.0. The van der Waals surface area contributed by atoms with E-state index in [0.717, 1.165) is 18.4 Å². The third-order valence-corrected chi connectivity index (χ3v) is 3.20. The largest absolute Gasteiger partial charge is 0.378 e. The van der Waals surface area contributed by atoms with Crippen molar-refractivity contribution in [2.24, 2.45) is 12.8 Å². The summed E-state index contributed by atoms with van der Waals surface area (Å²) in [5.74, 6) is -0.151. The second-order valence-electron chi connectivity index (χ2n) is 4.84. The van der Waals surface area contributed by atoms with Gasteiger partial charge in [0, 0.05) is 31.5 Å². The molecule has 6 heteroatoms. The SMILES string of the molecule is CC1CC(NC(=O)C(N)c2cnn(C)c2)CCO1. The number of ether oxygens (including phenoxy) is 1. The van der Waals surface area contributed by atoms with E-state index in [9.17, 15) is 4.79 Å². The van der Waals surface area contributed by atoms with Crippen molar-refractivity contribution in [3.8, 4) is 0 Å². The predicted octanol–water partition coefficient (Wildman–Crippen LogP) is 0.104. The van der Waals surface area contributed by atoms with Gasteiger partial charge >= 0.3 is 0 Å². The summed E-state index contributed by atoms with van der Waals surface area (Å²) in [5.41, 5.74) is 6.64. The van der Waals surface area contributed by atoms with Crippen LogP contribution in [0.25, 0.3) is 0 Å². The van der Waals surface area contributed by atoms with E-state index < -0.39 is 6.04 Å². The quantitative estimate of drug-likeness (QED) is 0.799. The van der Waals surface area contributed by atoms with E-state index in [-0.39, 0.29) is 18.1 Å². The predicted molar refractivity (Wildman–Crippen MR) is 66.7 cm³/mol. The van der Waals surface area contributed by atoms with Crippen molar-refractivity contribution < 1.29 is 9.53 Å². The van der Waals surface area contributed by atoms with Crippen LogP contribution in [0.1, 0.15) is 31.4 Å². The van der Waals surface area contributed by atoms with Crippen LogP contribution >= 0.6 is 0 Å². The molecule has 100 valence electrons. The summed E-state index contributed by atoms with van der Waals surface area (Å²) in [6.45, 7) is 2.70. The zero-order chi connectivity index (χ0) is 13.1. The van der Waals surface area contributed by atoms with Crippen LogP contribution in [0.15, 0.2) is 12.4 Å². The van der Waals surface area contributed by atoms with Gasteiger partial charge in [-0.05, 0) is 19.8 Å². The third kappa shape index (κ3) is 3.08. The molecule has 0 saturated carbocycles. The minimum atomic E-state index is -0.656. The molecule has 0 aliphatic carbocycles. The van der Waals surface area contributed by atoms with Crippen LogP contribution < -0.4 is 11.1 Å². The minimum absolute atomic E-state index is 0.151. The van der Waals surface area contributed by atoms with E-state index in [1.807, 2.05) is 6.92 Å². The van der Waals surface area contributed by atoms with Gasteiger partial charge in [0.15, 0.2) is 0 Å². The molecule has 3 N–H and O–H groups in total. The average molecular weight is 252 g/mol. The Morgan fingerprint density at radius 3 is 3.11 bits per heavy atom. The lowest BCUT2D eigenvalue weighted by Gasteiger charge is -2.28. The summed E-state index contributed by atoms with van der Waals surface area (Å²) in [5, 5.41) is 6.99. The first-order chi connectivity index (χ1) is 8.56. The molecule has 1 amide bonds. The molecule has 3 atom stereocenters. The highest BCUT2D eigenvalue weighted by atomic mass is 16.5. The summed E-state index contributed by atoms with van der Waals surface area (Å²) in [6, 6.07) is -0.499. The number of aromatic nitrogens is 2. The summed E-state index contributed by atoms with van der Waals surface area (Å²) in [6.07, 6.45) is 5.26. The third-order valence-electron chi connectivity index (χ3n) is 3.20. The van der Waals surface area contributed by atoms with E-state index in [1.54, 1.807) is 24.1 Å². The van der Waals surface area contributed by atoms with Gasteiger partial charge in [0.1, 0.15) is 6.04 Å². The van der Waals surface area contributed by atoms with Gasteiger partial charge in [-0.2, -0.15) is 5.10 Å². The van der Waals surface area contributed by atoms with Crippen LogP contribution in [-0.4, -0.2) is 34.4 Å². The number of aryl methyl sites for hydroxylation is 1. The maximum Gasteiger partial charge on any atom is 0.241 e. The lowest BCUT2D eigenvalue weighted by molar-refractivity contribution is -0.124. The lowest BCUT2D eigenvalue weighted by atomic mass is 10.0. The molecule has 1 aliphatic heterocycles. The van der Waals surface area contributed by atoms with Crippen molar-refractivity contribution in [2.45, 2.75) is 38.0 Å². The Hall–Kier alpha value is -1.40. The maximum absolute atomic E-state index is 12.0. The summed E-state index contributed by atoms with van der Waals surface area (Å²) in [4.78, 5) is 12.0. The summed E-state index contributed by atoms with van der Waals surface area (Å²) in [7, 11) is 1.80. The number of amides is 1. The Labute approximate surface area is 106 Å². The van der Waals surface area contributed by atoms with Crippen molar-refractivity contribution in [1.82, 2.24) is 15.1 Å². The number of hydrogen-bond acceptors (Lipinski definition) is 4. The molecular weight excluding hydrogens is 232 g/mol. The van der Waals surface area contributed by atoms with Gasteiger partial charge in [-0.25, -0.2) is 0 Å². The van der Waals surface area contributed by atoms with E-state index in [1.165, 1.54) is 0 Å². The summed E-state index contributed by atoms with van der Waals surface area (Å²) >= 11 is 0. The van der Waals surface area contributed by atoms with Gasteiger partial charge in [0.05, 0.1) is 12.3 Å². The fraction of sp³-hybridized carbons (Fsp3) is 0.667. The number of rotatable bonds is 3. The van der Waals surface area contributed by atoms with Gasteiger partial charge in [-0.1, -0.05) is 0 Å². The number of nitrogens with one attached hydrogen (secondary N) is 1. The Morgan fingerprint density at radius 2 is 2.50 bits per heavy atom. The molecule has 18 heavy (non-hydrogen) atoms. The first kappa shape index (κ1) is 13.0. The second-order valence-corrected chi connectivity index (χ2v) is 4.84. The highest BCUT2D eigenvalue weighted by Gasteiger charge is 2.24. The molecule has 0 aromatic carbocycles. The molecule has 1 aliphatic rings. The van der Waals surface area contributed by atoms with Gasteiger partial charge in [-0.15, -0.1) is 0 Å². The number of carbonyl (C=O) groups excluding carboxylic acids is 1. The Morgan fingerprint density at radius 1 is 1.72 bits per heavy atom. The topological polar surface area (TPSA) is 82.2 Å². The van der Waals surface area contributed by atoms with Crippen molar-refractivity contribution in [3.63, 3.8) is 0 Å². The summed E-state index contributed by atoms with van der Waals surface area (Å²) < 4.78 is 7.08. The monoisotopic (exact) mass is 252 g/mol. The molecule has 3 unspecified atom stereocenters. The molecule has 1 aromatic heterocycles. The fourth-order valence-electron chi connectivity index (χ4n) is 2.17. The molecule has 6 nitrogen and oxygen atoms in total. The van der Waals surface area contributed by atoms with Crippen molar-refractivity contribution in [2.75, 3.05) is 6.61 Å². The zero-order valence-corrected chi connectivity index (χ0v) is 10.8. The Bertz CT molecular complexity index is 418. The number of carbonyl (C=O) groups is 1. The van der Waals surface area contributed by atoms with Crippen LogP contribution in [0.4, 0.5) is 0 Å². The van der Waals surface area contributed by atoms with Crippen LogP contribution in [0.3, 0.4) is 0 Å². The molecule has 0 bridgehead atoms. The van der Waals surface area contributed by atoms with Crippen molar-refractivity contribution >= 4 is 5.91 Å². The first-order valence-corrected chi connectivity index (χ1v) is 6.22. The number of hydrogen-bond donors (Lipinski definition) is 2. The Kier molecular flexibility index (Phi) is 3.98. The molecule has 1 fully saturated rings. The van der Waals surface area contributed by atoms with Crippen molar-refractivity contribution in [1.29, 1.82) is 0 Å². The molecule has 1 aromatic rings. The zero-order valence-electron chi connectivity index (χ0n) is 10.8. The highest BCUT2D eigenvalue weighted by molar-refractivity contribution is 5.83. The molecule has 0 radical (unpaired) electrons. The first-order valence-electron chi connectivity index (χ1n) is 6.22. The average Bonchev–Trinajstić information content (AvgIpc) is 2.75. The Balaban J connectivity index is 1.91. The second kappa shape index (κ2) is 5.49. The van der Waals surface area contributed by atoms with Crippen LogP contribution in [0.5, 0.6) is 0 Å². The molecule has 1 saturated heterocycles. The minimum Gasteiger partial charge on any atom is -0.378 e. The van der Waals surface area contributed by atoms with Crippen LogP contribution in [-0.2, 0) is 16.6 Å². The number of nitrogens with two attached hydrogens (primary N) is 1. The molecule has 2 heterocycles. The molecule has 2 rings (SSSR count). The van der Waals surface area contributed by atoms with Crippen LogP contribution in [0, 0.1) is 0 Å². The van der Waals surface area contributed by atoms with Gasteiger partial charge in [0.2, 0.25) is 5.91 Å². The smallest absolute Gasteiger partial charge is 0.241 e. The standard InChI is InChI=1S/C12H20N4O2/c1-8-5-10(3-4-18-8)15-12(17)11(13)9-6-14-16(2)7-9/h6-8,10-11H,3-5,13H2,1-2H3,(H,15,17). The lowest BCUT2D eigenvalue weighted by Crippen LogP contribution is -2.44. The van der Waals surface area contributed by atoms with Gasteiger partial charge in [-0.3, -0.25) is 9.48 Å². The van der Waals surface area contributed by atoms with E-state index >= 15 is 0 Å². The molecule has 0 spiro atoms. The van der Waals surface area contributed by atoms with E-state index in [4.69, 9.17) is 10.5 Å². The highest BCUT2D eigenvalue weighted by Crippen LogP contribution is 2.15. The molecular formula is C12H20N4O2. The van der Waals surface area contributed by atoms with Gasteiger partial charge in [0.25, 0.3) is 0 Å². The van der Waals surface area contributed by atoms with Gasteiger partial charge < -0.3 is 15.8 Å². The van der Waals surface area contributed by atoms with Crippen LogP contribution in [0.2, 0.25) is 0 Å². The van der Waals surface area contributed by atoms with Crippen molar-refractivity contribution in [3.05, 3.63) is 18.0 Å². The number of nitrogens with zero attached hydrogens (tertiary/aromatic N) is 2. The van der Waals surface area contributed by atoms with E-state index in [0.29, 0.717) is 6.61 Å². The van der Waals surface area contributed by atoms with E-state index in [2.05, 4.69) is 10.4 Å².